The Hall–Kier alpha value is -2.49. The third-order valence-corrected chi connectivity index (χ3v) is 4.14. The summed E-state index contributed by atoms with van der Waals surface area (Å²) in [5.41, 5.74) is 4.38. The zero-order valence-electron chi connectivity index (χ0n) is 15.7. The van der Waals surface area contributed by atoms with Gasteiger partial charge in [0.25, 0.3) is 5.91 Å². The van der Waals surface area contributed by atoms with Crippen LogP contribution in [0.3, 0.4) is 0 Å². The van der Waals surface area contributed by atoms with Crippen molar-refractivity contribution in [1.29, 1.82) is 0 Å². The molecule has 2 rings (SSSR count). The molecule has 0 spiro atoms. The van der Waals surface area contributed by atoms with Gasteiger partial charge in [0.05, 0.1) is 6.61 Å². The second-order valence-electron chi connectivity index (χ2n) is 6.26. The Morgan fingerprint density at radius 1 is 1.12 bits per heavy atom. The summed E-state index contributed by atoms with van der Waals surface area (Å²) in [5, 5.41) is 2.91. The molecule has 0 fully saturated rings. The summed E-state index contributed by atoms with van der Waals surface area (Å²) in [6.07, 6.45) is -0.553. The van der Waals surface area contributed by atoms with Gasteiger partial charge in [0.1, 0.15) is 11.5 Å². The lowest BCUT2D eigenvalue weighted by atomic mass is 10.1. The highest BCUT2D eigenvalue weighted by Crippen LogP contribution is 2.24. The molecule has 1 atom stereocenters. The highest BCUT2D eigenvalue weighted by Gasteiger charge is 2.16. The van der Waals surface area contributed by atoms with Gasteiger partial charge in [0, 0.05) is 6.54 Å². The molecule has 0 aliphatic carbocycles. The number of aryl methyl sites for hydroxylation is 2. The molecule has 0 saturated carbocycles. The molecule has 0 radical (unpaired) electrons. The summed E-state index contributed by atoms with van der Waals surface area (Å²) >= 11 is 0. The van der Waals surface area contributed by atoms with Crippen molar-refractivity contribution in [2.45, 2.75) is 47.3 Å². The van der Waals surface area contributed by atoms with Gasteiger partial charge in [-0.2, -0.15) is 0 Å². The number of benzene rings is 2. The predicted octanol–water partition coefficient (Wildman–Crippen LogP) is 4.09. The van der Waals surface area contributed by atoms with Gasteiger partial charge >= 0.3 is 0 Å². The molecule has 4 heteroatoms. The van der Waals surface area contributed by atoms with Crippen LogP contribution in [0.15, 0.2) is 36.4 Å². The average molecular weight is 341 g/mol. The number of carbonyl (C=O) groups excluding carboxylic acids is 1. The number of nitrogens with one attached hydrogen (secondary N) is 1. The van der Waals surface area contributed by atoms with E-state index in [4.69, 9.17) is 9.47 Å². The Kier molecular flexibility index (Phi) is 6.45. The summed E-state index contributed by atoms with van der Waals surface area (Å²) in [6, 6.07) is 11.8. The first-order chi connectivity index (χ1) is 11.9. The quantitative estimate of drug-likeness (QED) is 0.825. The standard InChI is InChI=1S/C21H27NO3/c1-6-24-19-9-7-18(8-10-19)13-22-21(23)17(5)25-20-12-14(2)11-15(3)16(20)4/h7-12,17H,6,13H2,1-5H3,(H,22,23)/t17-/m1/s1. The van der Waals surface area contributed by atoms with Crippen molar-refractivity contribution >= 4 is 5.91 Å². The molecule has 0 aromatic heterocycles. The maximum absolute atomic E-state index is 12.3. The van der Waals surface area contributed by atoms with Crippen molar-refractivity contribution in [3.05, 3.63) is 58.7 Å². The fraction of sp³-hybridized carbons (Fsp3) is 0.381. The maximum atomic E-state index is 12.3. The minimum absolute atomic E-state index is 0.132. The van der Waals surface area contributed by atoms with Crippen LogP contribution in [0.4, 0.5) is 0 Å². The van der Waals surface area contributed by atoms with E-state index in [2.05, 4.69) is 11.4 Å². The summed E-state index contributed by atoms with van der Waals surface area (Å²) < 4.78 is 11.3. The Morgan fingerprint density at radius 2 is 1.80 bits per heavy atom. The highest BCUT2D eigenvalue weighted by atomic mass is 16.5. The largest absolute Gasteiger partial charge is 0.494 e. The third kappa shape index (κ3) is 5.24. The molecule has 25 heavy (non-hydrogen) atoms. The fourth-order valence-corrected chi connectivity index (χ4v) is 2.57. The second-order valence-corrected chi connectivity index (χ2v) is 6.26. The van der Waals surface area contributed by atoms with Crippen LogP contribution in [0.2, 0.25) is 0 Å². The van der Waals surface area contributed by atoms with Gasteiger partial charge in [0.15, 0.2) is 6.10 Å². The SMILES string of the molecule is CCOc1ccc(CNC(=O)[C@@H](C)Oc2cc(C)cc(C)c2C)cc1. The molecule has 0 aliphatic rings. The maximum Gasteiger partial charge on any atom is 0.261 e. The summed E-state index contributed by atoms with van der Waals surface area (Å²) in [5.74, 6) is 1.47. The lowest BCUT2D eigenvalue weighted by molar-refractivity contribution is -0.127. The van der Waals surface area contributed by atoms with Crippen molar-refractivity contribution in [2.24, 2.45) is 0 Å². The van der Waals surface area contributed by atoms with Crippen LogP contribution < -0.4 is 14.8 Å². The van der Waals surface area contributed by atoms with E-state index in [0.717, 1.165) is 33.8 Å². The average Bonchev–Trinajstić information content (AvgIpc) is 2.58. The molecule has 134 valence electrons. The van der Waals surface area contributed by atoms with Gasteiger partial charge in [-0.1, -0.05) is 18.2 Å². The van der Waals surface area contributed by atoms with Crippen LogP contribution in [-0.4, -0.2) is 18.6 Å². The molecular weight excluding hydrogens is 314 g/mol. The molecule has 2 aromatic carbocycles. The molecule has 0 bridgehead atoms. The Morgan fingerprint density at radius 3 is 2.44 bits per heavy atom. The molecule has 2 aromatic rings. The number of amides is 1. The molecule has 0 unspecified atom stereocenters. The van der Waals surface area contributed by atoms with E-state index in [9.17, 15) is 4.79 Å². The third-order valence-electron chi connectivity index (χ3n) is 4.14. The van der Waals surface area contributed by atoms with E-state index in [0.29, 0.717) is 13.2 Å². The van der Waals surface area contributed by atoms with E-state index >= 15 is 0 Å². The summed E-state index contributed by atoms with van der Waals surface area (Å²) in [7, 11) is 0. The smallest absolute Gasteiger partial charge is 0.261 e. The Balaban J connectivity index is 1.92. The van der Waals surface area contributed by atoms with Crippen LogP contribution in [-0.2, 0) is 11.3 Å². The first kappa shape index (κ1) is 18.8. The number of hydrogen-bond acceptors (Lipinski definition) is 3. The van der Waals surface area contributed by atoms with Crippen molar-refractivity contribution in [1.82, 2.24) is 5.32 Å². The molecular formula is C21H27NO3. The Bertz CT molecular complexity index is 723. The number of rotatable bonds is 7. The highest BCUT2D eigenvalue weighted by molar-refractivity contribution is 5.80. The van der Waals surface area contributed by atoms with Crippen molar-refractivity contribution in [3.8, 4) is 11.5 Å². The minimum Gasteiger partial charge on any atom is -0.494 e. The topological polar surface area (TPSA) is 47.6 Å². The van der Waals surface area contributed by atoms with Gasteiger partial charge in [0.2, 0.25) is 0 Å². The number of hydrogen-bond donors (Lipinski definition) is 1. The molecule has 1 amide bonds. The van der Waals surface area contributed by atoms with E-state index in [1.165, 1.54) is 0 Å². The van der Waals surface area contributed by atoms with Gasteiger partial charge in [-0.3, -0.25) is 4.79 Å². The predicted molar refractivity (Wildman–Crippen MR) is 100 cm³/mol. The Labute approximate surface area is 150 Å². The molecule has 0 saturated heterocycles. The zero-order valence-corrected chi connectivity index (χ0v) is 15.7. The second kappa shape index (κ2) is 8.56. The first-order valence-electron chi connectivity index (χ1n) is 8.64. The van der Waals surface area contributed by atoms with Crippen LogP contribution in [0.1, 0.15) is 36.1 Å². The van der Waals surface area contributed by atoms with E-state index in [1.54, 1.807) is 6.92 Å². The van der Waals surface area contributed by atoms with Gasteiger partial charge in [-0.25, -0.2) is 0 Å². The van der Waals surface area contributed by atoms with E-state index in [1.807, 2.05) is 58.0 Å². The molecule has 0 heterocycles. The normalized spacial score (nSPS) is 11.7. The van der Waals surface area contributed by atoms with Gasteiger partial charge in [-0.15, -0.1) is 0 Å². The molecule has 4 nitrogen and oxygen atoms in total. The summed E-state index contributed by atoms with van der Waals surface area (Å²) in [4.78, 5) is 12.3. The van der Waals surface area contributed by atoms with Crippen LogP contribution in [0, 0.1) is 20.8 Å². The lowest BCUT2D eigenvalue weighted by Crippen LogP contribution is -2.36. The van der Waals surface area contributed by atoms with Gasteiger partial charge in [-0.05, 0) is 75.1 Å². The van der Waals surface area contributed by atoms with E-state index in [-0.39, 0.29) is 5.91 Å². The fourth-order valence-electron chi connectivity index (χ4n) is 2.57. The molecule has 1 N–H and O–H groups in total. The lowest BCUT2D eigenvalue weighted by Gasteiger charge is -2.18. The minimum atomic E-state index is -0.553. The number of ether oxygens (including phenoxy) is 2. The van der Waals surface area contributed by atoms with Crippen molar-refractivity contribution in [2.75, 3.05) is 6.61 Å². The van der Waals surface area contributed by atoms with Gasteiger partial charge < -0.3 is 14.8 Å². The van der Waals surface area contributed by atoms with E-state index < -0.39 is 6.10 Å². The first-order valence-corrected chi connectivity index (χ1v) is 8.64. The zero-order chi connectivity index (χ0) is 18.4. The van der Waals surface area contributed by atoms with Crippen molar-refractivity contribution < 1.29 is 14.3 Å². The monoisotopic (exact) mass is 341 g/mol. The summed E-state index contributed by atoms with van der Waals surface area (Å²) in [6.45, 7) is 10.9. The van der Waals surface area contributed by atoms with Crippen LogP contribution in [0.5, 0.6) is 11.5 Å². The number of carbonyl (C=O) groups is 1. The van der Waals surface area contributed by atoms with Crippen molar-refractivity contribution in [3.63, 3.8) is 0 Å². The van der Waals surface area contributed by atoms with Crippen LogP contribution >= 0.6 is 0 Å². The van der Waals surface area contributed by atoms with Crippen LogP contribution in [0.25, 0.3) is 0 Å². The molecule has 0 aliphatic heterocycles.